The van der Waals surface area contributed by atoms with Gasteiger partial charge in [-0.1, -0.05) is 56.0 Å². The summed E-state index contributed by atoms with van der Waals surface area (Å²) in [5, 5.41) is 0. The molecule has 3 aromatic rings. The lowest BCUT2D eigenvalue weighted by molar-refractivity contribution is 0.625. The highest BCUT2D eigenvalue weighted by atomic mass is 35.5. The number of thioether (sulfide) groups is 2. The van der Waals surface area contributed by atoms with Gasteiger partial charge in [-0.25, -0.2) is 13.2 Å². The van der Waals surface area contributed by atoms with Gasteiger partial charge >= 0.3 is 0 Å². The summed E-state index contributed by atoms with van der Waals surface area (Å²) < 4.78 is 37.5. The molecule has 0 fully saturated rings. The molecule has 3 rings (SSSR count). The van der Waals surface area contributed by atoms with Crippen molar-refractivity contribution < 1.29 is 13.2 Å². The summed E-state index contributed by atoms with van der Waals surface area (Å²) in [6, 6.07) is 19.2. The Morgan fingerprint density at radius 1 is 0.784 bits per heavy atom. The molecule has 0 aliphatic heterocycles. The van der Waals surface area contributed by atoms with Crippen molar-refractivity contribution in [2.24, 2.45) is 0 Å². The molecule has 0 saturated carbocycles. The molecule has 204 valence electrons. The number of rotatable bonds is 7. The molecule has 7 heteroatoms. The van der Waals surface area contributed by atoms with Gasteiger partial charge in [-0.15, -0.1) is 23.2 Å². The average molecular weight is 590 g/mol. The average Bonchev–Trinajstić information content (AvgIpc) is 2.85. The van der Waals surface area contributed by atoms with Crippen molar-refractivity contribution in [3.63, 3.8) is 0 Å². The third-order valence-corrected chi connectivity index (χ3v) is 8.71. The maximum absolute atomic E-state index is 12.6. The first kappa shape index (κ1) is 35.5. The Morgan fingerprint density at radius 3 is 1.49 bits per heavy atom. The summed E-state index contributed by atoms with van der Waals surface area (Å²) in [5.74, 6) is 0.715. The topological polar surface area (TPSA) is 0 Å². The van der Waals surface area contributed by atoms with Gasteiger partial charge < -0.3 is 0 Å². The van der Waals surface area contributed by atoms with E-state index in [-0.39, 0.29) is 29.6 Å². The summed E-state index contributed by atoms with van der Waals surface area (Å²) in [4.78, 5) is -0.396. The number of halogens is 5. The van der Waals surface area contributed by atoms with Crippen LogP contribution in [0.4, 0.5) is 13.2 Å². The number of alkyl halides is 2. The lowest BCUT2D eigenvalue weighted by Crippen LogP contribution is -2.18. The molecule has 0 nitrogen and oxygen atoms in total. The Morgan fingerprint density at radius 2 is 1.16 bits per heavy atom. The molecule has 0 N–H and O–H groups in total. The van der Waals surface area contributed by atoms with Gasteiger partial charge in [-0.05, 0) is 86.4 Å². The molecular weight excluding hydrogens is 552 g/mol. The van der Waals surface area contributed by atoms with Crippen LogP contribution in [0.25, 0.3) is 5.57 Å². The van der Waals surface area contributed by atoms with Crippen LogP contribution in [0.2, 0.25) is 0 Å². The van der Waals surface area contributed by atoms with E-state index in [1.54, 1.807) is 59.9 Å². The minimum Gasteiger partial charge on any atom is -0.207 e. The quantitative estimate of drug-likeness (QED) is 0.252. The Kier molecular flexibility index (Phi) is 16.4. The second-order valence-corrected chi connectivity index (χ2v) is 11.8. The molecule has 37 heavy (non-hydrogen) atoms. The molecule has 0 aliphatic rings. The fourth-order valence-electron chi connectivity index (χ4n) is 2.94. The van der Waals surface area contributed by atoms with Crippen molar-refractivity contribution in [1.82, 2.24) is 0 Å². The SMILES string of the molecule is C.C=C(C)c1ccc(F)cc1.CSC(C)(CCl)c1ccc(F)cc1.CSCC(C)(Cl)c1ccc(F)cc1. The normalized spacial score (nSPS) is 13.4. The standard InChI is InChI=1S/2C10H12ClFS.C9H9F.CH4/c1-10(11,7-13-2)8-3-5-9(12)6-4-8;1-10(7-11,13-2)8-3-5-9(12)6-4-8;1-7(2)8-3-5-9(10)6-4-8;/h2*3-6H,7H2,1-2H3;3-6H,1H2,2H3;1H4. The van der Waals surface area contributed by atoms with E-state index in [2.05, 4.69) is 13.5 Å². The smallest absolute Gasteiger partial charge is 0.123 e. The zero-order chi connectivity index (χ0) is 27.4. The Labute approximate surface area is 240 Å². The number of hydrogen-bond donors (Lipinski definition) is 0. The van der Waals surface area contributed by atoms with Crippen LogP contribution in [-0.4, -0.2) is 24.1 Å². The molecule has 0 saturated heterocycles. The molecule has 0 bridgehead atoms. The molecule has 0 heterocycles. The second kappa shape index (κ2) is 17.1. The van der Waals surface area contributed by atoms with Crippen molar-refractivity contribution in [3.05, 3.63) is 114 Å². The molecule has 2 unspecified atom stereocenters. The van der Waals surface area contributed by atoms with E-state index < -0.39 is 4.87 Å². The van der Waals surface area contributed by atoms with Gasteiger partial charge in [-0.3, -0.25) is 0 Å². The van der Waals surface area contributed by atoms with E-state index in [1.165, 1.54) is 36.4 Å². The highest BCUT2D eigenvalue weighted by molar-refractivity contribution is 7.99. The predicted octanol–water partition coefficient (Wildman–Crippen LogP) is 10.8. The van der Waals surface area contributed by atoms with E-state index in [0.29, 0.717) is 5.88 Å². The lowest BCUT2D eigenvalue weighted by Gasteiger charge is -2.25. The van der Waals surface area contributed by atoms with Crippen LogP contribution in [0.5, 0.6) is 0 Å². The monoisotopic (exact) mass is 588 g/mol. The van der Waals surface area contributed by atoms with E-state index in [1.807, 2.05) is 26.4 Å². The first-order chi connectivity index (χ1) is 16.9. The molecule has 0 radical (unpaired) electrons. The van der Waals surface area contributed by atoms with Crippen LogP contribution in [0.15, 0.2) is 79.4 Å². The van der Waals surface area contributed by atoms with Crippen LogP contribution in [0.1, 0.15) is 44.9 Å². The van der Waals surface area contributed by atoms with Crippen molar-refractivity contribution in [2.45, 2.75) is 37.8 Å². The first-order valence-electron chi connectivity index (χ1n) is 11.1. The molecule has 3 aromatic carbocycles. The van der Waals surface area contributed by atoms with Crippen molar-refractivity contribution in [2.75, 3.05) is 24.1 Å². The van der Waals surface area contributed by atoms with Crippen molar-refractivity contribution in [1.29, 1.82) is 0 Å². The lowest BCUT2D eigenvalue weighted by atomic mass is 10.0. The Hall–Kier alpha value is -1.53. The van der Waals surface area contributed by atoms with Gasteiger partial charge in [0.05, 0.1) is 9.62 Å². The van der Waals surface area contributed by atoms with E-state index in [0.717, 1.165) is 28.0 Å². The minimum absolute atomic E-state index is 0. The minimum atomic E-state index is -0.396. The van der Waals surface area contributed by atoms with Gasteiger partial charge in [0.15, 0.2) is 0 Å². The molecule has 0 spiro atoms. The molecule has 0 aliphatic carbocycles. The maximum Gasteiger partial charge on any atom is 0.123 e. The first-order valence-corrected chi connectivity index (χ1v) is 14.6. The maximum atomic E-state index is 12.6. The van der Waals surface area contributed by atoms with Crippen LogP contribution < -0.4 is 0 Å². The van der Waals surface area contributed by atoms with E-state index in [4.69, 9.17) is 23.2 Å². The summed E-state index contributed by atoms with van der Waals surface area (Å²) in [5.41, 5.74) is 3.97. The molecule has 2 atom stereocenters. The van der Waals surface area contributed by atoms with E-state index >= 15 is 0 Å². The summed E-state index contributed by atoms with van der Waals surface area (Å²) in [7, 11) is 0. The third kappa shape index (κ3) is 12.2. The number of benzene rings is 3. The van der Waals surface area contributed by atoms with Crippen molar-refractivity contribution >= 4 is 52.3 Å². The van der Waals surface area contributed by atoms with Gasteiger partial charge in [-0.2, -0.15) is 23.5 Å². The number of allylic oxidation sites excluding steroid dienone is 1. The van der Waals surface area contributed by atoms with Crippen LogP contribution in [0, 0.1) is 17.5 Å². The van der Waals surface area contributed by atoms with Crippen molar-refractivity contribution in [3.8, 4) is 0 Å². The molecule has 0 aromatic heterocycles. The summed E-state index contributed by atoms with van der Waals surface area (Å²) >= 11 is 15.5. The Balaban J connectivity index is 0.000000523. The molecular formula is C30H37Cl2F3S2. The zero-order valence-corrected chi connectivity index (χ0v) is 24.4. The zero-order valence-electron chi connectivity index (χ0n) is 21.3. The largest absolute Gasteiger partial charge is 0.207 e. The van der Waals surface area contributed by atoms with Crippen LogP contribution in [0.3, 0.4) is 0 Å². The summed E-state index contributed by atoms with van der Waals surface area (Å²) in [6.45, 7) is 9.62. The highest BCUT2D eigenvalue weighted by Crippen LogP contribution is 2.35. The second-order valence-electron chi connectivity index (χ2n) is 8.50. The van der Waals surface area contributed by atoms with Gasteiger partial charge in [0.2, 0.25) is 0 Å². The molecule has 0 amide bonds. The highest BCUT2D eigenvalue weighted by Gasteiger charge is 2.24. The van der Waals surface area contributed by atoms with Crippen LogP contribution >= 0.6 is 46.7 Å². The van der Waals surface area contributed by atoms with Gasteiger partial charge in [0, 0.05) is 11.6 Å². The van der Waals surface area contributed by atoms with E-state index in [9.17, 15) is 13.2 Å². The fourth-order valence-corrected chi connectivity index (χ4v) is 5.06. The van der Waals surface area contributed by atoms with Crippen LogP contribution in [-0.2, 0) is 9.62 Å². The van der Waals surface area contributed by atoms with Gasteiger partial charge in [0.1, 0.15) is 17.5 Å². The third-order valence-electron chi connectivity index (χ3n) is 5.36. The summed E-state index contributed by atoms with van der Waals surface area (Å²) in [6.07, 6.45) is 4.01. The Bertz CT molecular complexity index is 1050. The number of hydrogen-bond acceptors (Lipinski definition) is 2. The fraction of sp³-hybridized carbons (Fsp3) is 0.333. The van der Waals surface area contributed by atoms with Gasteiger partial charge in [0.25, 0.3) is 0 Å². The predicted molar refractivity (Wildman–Crippen MR) is 164 cm³/mol.